The third-order valence-corrected chi connectivity index (χ3v) is 4.33. The van der Waals surface area contributed by atoms with E-state index in [1.807, 2.05) is 13.8 Å². The van der Waals surface area contributed by atoms with E-state index < -0.39 is 22.7 Å². The van der Waals surface area contributed by atoms with Crippen LogP contribution >= 0.6 is 11.8 Å². The van der Waals surface area contributed by atoms with Crippen molar-refractivity contribution in [1.29, 1.82) is 0 Å². The van der Waals surface area contributed by atoms with Gasteiger partial charge in [-0.1, -0.05) is 0 Å². The summed E-state index contributed by atoms with van der Waals surface area (Å²) in [6, 6.07) is -0.620. The molecule has 0 unspecified atom stereocenters. The summed E-state index contributed by atoms with van der Waals surface area (Å²) in [5.74, 6) is -0.841. The molecule has 2 rings (SSSR count). The number of ether oxygens (including phenoxy) is 1. The highest BCUT2D eigenvalue weighted by Gasteiger charge is 2.67. The third kappa shape index (κ3) is 1.22. The van der Waals surface area contributed by atoms with Crippen LogP contribution in [0.3, 0.4) is 0 Å². The molecule has 0 aromatic rings. The molecule has 2 saturated heterocycles. The minimum absolute atomic E-state index is 0.101. The van der Waals surface area contributed by atoms with Crippen LogP contribution in [0.1, 0.15) is 13.8 Å². The second-order valence-corrected chi connectivity index (χ2v) is 5.93. The summed E-state index contributed by atoms with van der Waals surface area (Å²) in [5, 5.41) is -0.336. The maximum absolute atomic E-state index is 11.6. The third-order valence-electron chi connectivity index (χ3n) is 2.82. The summed E-state index contributed by atoms with van der Waals surface area (Å²) < 4.78 is 4.25. The topological polar surface area (TPSA) is 83.0 Å². The van der Waals surface area contributed by atoms with Crippen LogP contribution < -0.4 is 0 Å². The molecule has 0 radical (unpaired) electrons. The first-order valence-electron chi connectivity index (χ1n) is 4.74. The predicted molar refractivity (Wildman–Crippen MR) is 56.7 cm³/mol. The molecular weight excluding hydrogens is 230 g/mol. The van der Waals surface area contributed by atoms with Gasteiger partial charge < -0.3 is 10.3 Å². The van der Waals surface area contributed by atoms with E-state index in [1.165, 1.54) is 23.8 Å². The average molecular weight is 241 g/mol. The largest absolute Gasteiger partial charge is 0.467 e. The zero-order chi connectivity index (χ0) is 12.1. The number of fused-ring (bicyclic) bond motifs is 1. The van der Waals surface area contributed by atoms with Gasteiger partial charge in [-0.3, -0.25) is 9.69 Å². The van der Waals surface area contributed by atoms with E-state index in [0.717, 1.165) is 0 Å². The Morgan fingerprint density at radius 2 is 2.25 bits per heavy atom. The first-order chi connectivity index (χ1) is 7.44. The monoisotopic (exact) mass is 241 g/mol. The molecule has 7 heteroatoms. The van der Waals surface area contributed by atoms with Crippen LogP contribution in [0.25, 0.3) is 5.53 Å². The van der Waals surface area contributed by atoms with Gasteiger partial charge in [-0.05, 0) is 13.8 Å². The van der Waals surface area contributed by atoms with E-state index in [1.54, 1.807) is 0 Å². The number of methoxy groups -OCH3 is 1. The van der Waals surface area contributed by atoms with Crippen LogP contribution in [-0.4, -0.2) is 50.6 Å². The number of rotatable bonds is 1. The fourth-order valence-corrected chi connectivity index (χ4v) is 3.57. The Morgan fingerprint density at radius 3 is 2.75 bits per heavy atom. The molecule has 0 aromatic heterocycles. The van der Waals surface area contributed by atoms with Crippen molar-refractivity contribution in [1.82, 2.24) is 4.90 Å². The number of thioether (sulfide) groups is 1. The van der Waals surface area contributed by atoms with Gasteiger partial charge in [0.2, 0.25) is 0 Å². The van der Waals surface area contributed by atoms with Gasteiger partial charge in [0.15, 0.2) is 5.37 Å². The number of β-lactam (4-membered cyclic amide) rings is 1. The summed E-state index contributed by atoms with van der Waals surface area (Å²) in [7, 11) is 1.29. The molecule has 16 heavy (non-hydrogen) atoms. The summed E-state index contributed by atoms with van der Waals surface area (Å²) in [5.41, 5.74) is 8.77. The normalized spacial score (nSPS) is 30.6. The fraction of sp³-hybridized carbons (Fsp3) is 0.667. The smallest absolute Gasteiger partial charge is 0.388 e. The van der Waals surface area contributed by atoms with Gasteiger partial charge in [-0.2, -0.15) is 4.79 Å². The number of esters is 1. The average Bonchev–Trinajstić information content (AvgIpc) is 2.47. The van der Waals surface area contributed by atoms with Crippen LogP contribution in [-0.2, 0) is 14.3 Å². The second kappa shape index (κ2) is 3.33. The molecule has 2 fully saturated rings. The van der Waals surface area contributed by atoms with Crippen molar-refractivity contribution in [3.05, 3.63) is 5.53 Å². The Bertz CT molecular complexity index is 428. The van der Waals surface area contributed by atoms with Gasteiger partial charge in [0.1, 0.15) is 6.04 Å². The van der Waals surface area contributed by atoms with Crippen molar-refractivity contribution in [3.63, 3.8) is 0 Å². The predicted octanol–water partition coefficient (Wildman–Crippen LogP) is -0.108. The van der Waals surface area contributed by atoms with E-state index in [0.29, 0.717) is 0 Å². The Balaban J connectivity index is 2.37. The molecule has 0 aliphatic carbocycles. The van der Waals surface area contributed by atoms with Gasteiger partial charge in [0.25, 0.3) is 0 Å². The Labute approximate surface area is 96.5 Å². The van der Waals surface area contributed by atoms with Crippen molar-refractivity contribution >= 4 is 29.4 Å². The zero-order valence-electron chi connectivity index (χ0n) is 9.13. The van der Waals surface area contributed by atoms with Crippen LogP contribution in [0.4, 0.5) is 0 Å². The van der Waals surface area contributed by atoms with E-state index >= 15 is 0 Å². The molecule has 0 bridgehead atoms. The van der Waals surface area contributed by atoms with Crippen molar-refractivity contribution in [3.8, 4) is 0 Å². The van der Waals surface area contributed by atoms with Crippen LogP contribution in [0, 0.1) is 0 Å². The summed E-state index contributed by atoms with van der Waals surface area (Å²) in [4.78, 5) is 27.6. The summed E-state index contributed by atoms with van der Waals surface area (Å²) >= 11 is 1.42. The van der Waals surface area contributed by atoms with Gasteiger partial charge in [-0.25, -0.2) is 4.79 Å². The van der Waals surface area contributed by atoms with Gasteiger partial charge in [0, 0.05) is 4.75 Å². The van der Waals surface area contributed by atoms with E-state index in [9.17, 15) is 9.59 Å². The Kier molecular flexibility index (Phi) is 2.32. The highest BCUT2D eigenvalue weighted by atomic mass is 32.2. The number of carbonyl (C=O) groups is 2. The Morgan fingerprint density at radius 1 is 1.62 bits per heavy atom. The van der Waals surface area contributed by atoms with Crippen molar-refractivity contribution < 1.29 is 19.1 Å². The lowest BCUT2D eigenvalue weighted by Crippen LogP contribution is -2.63. The lowest BCUT2D eigenvalue weighted by molar-refractivity contribution is -0.155. The first-order valence-corrected chi connectivity index (χ1v) is 5.62. The molecule has 2 atom stereocenters. The SMILES string of the molecule is COC(=O)[C@@H]1N2C(=O)C(=[N+]=[N-])[C@H]2SC1(C)C. The fourth-order valence-electron chi connectivity index (χ4n) is 2.06. The molecule has 0 spiro atoms. The van der Waals surface area contributed by atoms with Gasteiger partial charge >= 0.3 is 17.6 Å². The highest BCUT2D eigenvalue weighted by molar-refractivity contribution is 8.02. The van der Waals surface area contributed by atoms with Gasteiger partial charge in [-0.15, -0.1) is 11.8 Å². The van der Waals surface area contributed by atoms with Crippen LogP contribution in [0.2, 0.25) is 0 Å². The second-order valence-electron chi connectivity index (χ2n) is 4.20. The minimum Gasteiger partial charge on any atom is -0.467 e. The lowest BCUT2D eigenvalue weighted by Gasteiger charge is -2.33. The standard InChI is InChI=1S/C9H11N3O3S/c1-9(2)5(8(14)15-3)12-6(13)4(11-10)7(12)16-9/h5,7H,1-3H3/t5-,7+/m0/s1. The number of hydrogen-bond donors (Lipinski definition) is 0. The Hall–Kier alpha value is -1.33. The molecular formula is C9H11N3O3S. The summed E-state index contributed by atoms with van der Waals surface area (Å²) in [6.45, 7) is 3.72. The van der Waals surface area contributed by atoms with Crippen molar-refractivity contribution in [2.75, 3.05) is 7.11 Å². The molecule has 2 heterocycles. The van der Waals surface area contributed by atoms with E-state index in [4.69, 9.17) is 10.3 Å². The van der Waals surface area contributed by atoms with E-state index in [2.05, 4.69) is 4.79 Å². The van der Waals surface area contributed by atoms with Crippen LogP contribution in [0.5, 0.6) is 0 Å². The molecule has 2 aliphatic rings. The molecule has 0 N–H and O–H groups in total. The highest BCUT2D eigenvalue weighted by Crippen LogP contribution is 2.49. The van der Waals surface area contributed by atoms with E-state index in [-0.39, 0.29) is 11.1 Å². The molecule has 1 amide bonds. The zero-order valence-corrected chi connectivity index (χ0v) is 9.95. The van der Waals surface area contributed by atoms with Crippen molar-refractivity contribution in [2.45, 2.75) is 30.0 Å². The molecule has 0 saturated carbocycles. The first kappa shape index (κ1) is 11.2. The maximum Gasteiger partial charge on any atom is 0.388 e. The van der Waals surface area contributed by atoms with Crippen LogP contribution in [0.15, 0.2) is 0 Å². The minimum atomic E-state index is -0.620. The lowest BCUT2D eigenvalue weighted by atomic mass is 9.97. The molecule has 0 aromatic carbocycles. The maximum atomic E-state index is 11.6. The number of nitrogens with zero attached hydrogens (tertiary/aromatic N) is 3. The number of carbonyl (C=O) groups excluding carboxylic acids is 2. The quantitative estimate of drug-likeness (QED) is 0.277. The summed E-state index contributed by atoms with van der Waals surface area (Å²) in [6.07, 6.45) is 0. The van der Waals surface area contributed by atoms with Crippen molar-refractivity contribution in [2.24, 2.45) is 0 Å². The van der Waals surface area contributed by atoms with Gasteiger partial charge in [0.05, 0.1) is 7.11 Å². The molecule has 86 valence electrons. The molecule has 2 aliphatic heterocycles. The molecule has 6 nitrogen and oxygen atoms in total. The number of hydrogen-bond acceptors (Lipinski definition) is 4. The number of amides is 1.